The van der Waals surface area contributed by atoms with Crippen LogP contribution in [0.3, 0.4) is 0 Å². The zero-order chi connectivity index (χ0) is 15.4. The van der Waals surface area contributed by atoms with Gasteiger partial charge in [-0.05, 0) is 18.9 Å². The molecule has 0 amide bonds. The Morgan fingerprint density at radius 2 is 2.14 bits per heavy atom. The second-order valence-corrected chi connectivity index (χ2v) is 4.74. The lowest BCUT2D eigenvalue weighted by Gasteiger charge is -2.05. The lowest BCUT2D eigenvalue weighted by molar-refractivity contribution is -0.384. The zero-order valence-corrected chi connectivity index (χ0v) is 11.9. The Hall–Kier alpha value is -2.44. The summed E-state index contributed by atoms with van der Waals surface area (Å²) in [7, 11) is 0. The number of ether oxygens (including phenoxy) is 1. The van der Waals surface area contributed by atoms with Gasteiger partial charge in [0.2, 0.25) is 0 Å². The number of fused-ring (bicyclic) bond motifs is 1. The van der Waals surface area contributed by atoms with Crippen LogP contribution in [0.4, 0.5) is 5.69 Å². The molecule has 7 heteroatoms. The van der Waals surface area contributed by atoms with Crippen LogP contribution in [0.2, 0.25) is 0 Å². The van der Waals surface area contributed by atoms with Crippen LogP contribution in [-0.4, -0.2) is 16.5 Å². The number of hydrogen-bond donors (Lipinski definition) is 0. The summed E-state index contributed by atoms with van der Waals surface area (Å²) < 4.78 is 10.3. The van der Waals surface area contributed by atoms with E-state index in [0.717, 1.165) is 19.3 Å². The zero-order valence-electron chi connectivity index (χ0n) is 11.9. The normalized spacial score (nSPS) is 10.8. The first-order chi connectivity index (χ1) is 10.0. The summed E-state index contributed by atoms with van der Waals surface area (Å²) in [5, 5.41) is 11.1. The van der Waals surface area contributed by atoms with Crippen molar-refractivity contribution in [2.75, 3.05) is 6.61 Å². The summed E-state index contributed by atoms with van der Waals surface area (Å²) in [5.41, 5.74) is -0.0469. The van der Waals surface area contributed by atoms with Gasteiger partial charge in [0.05, 0.1) is 22.4 Å². The van der Waals surface area contributed by atoms with Gasteiger partial charge in [-0.1, -0.05) is 19.8 Å². The number of nitrogens with zero attached hydrogens (tertiary/aromatic N) is 2. The van der Waals surface area contributed by atoms with Crippen molar-refractivity contribution in [2.24, 2.45) is 0 Å². The fraction of sp³-hybridized carbons (Fsp3) is 0.429. The number of non-ortho nitro benzene ring substituents is 1. The Morgan fingerprint density at radius 3 is 2.81 bits per heavy atom. The number of aromatic nitrogens is 1. The number of nitro groups is 1. The maximum atomic E-state index is 11.9. The summed E-state index contributed by atoms with van der Waals surface area (Å²) in [4.78, 5) is 26.3. The Balaban J connectivity index is 2.38. The summed E-state index contributed by atoms with van der Waals surface area (Å²) in [5.74, 6) is 0. The van der Waals surface area contributed by atoms with Gasteiger partial charge >= 0.3 is 11.7 Å². The molecule has 0 N–H and O–H groups in total. The molecule has 0 saturated heterocycles. The van der Waals surface area contributed by atoms with Crippen molar-refractivity contribution in [3.05, 3.63) is 38.2 Å². The molecule has 0 aliphatic heterocycles. The summed E-state index contributed by atoms with van der Waals surface area (Å²) in [6.45, 7) is 4.06. The maximum Gasteiger partial charge on any atom is 0.397 e. The molecule has 2 rings (SSSR count). The Kier molecular flexibility index (Phi) is 4.52. The van der Waals surface area contributed by atoms with Crippen molar-refractivity contribution in [3.8, 4) is 6.08 Å². The van der Waals surface area contributed by atoms with Crippen LogP contribution >= 0.6 is 0 Å². The average molecular weight is 292 g/mol. The molecule has 0 fully saturated rings. The van der Waals surface area contributed by atoms with Crippen LogP contribution in [0.15, 0.2) is 21.3 Å². The predicted molar refractivity (Wildman–Crippen MR) is 76.7 cm³/mol. The molecule has 0 bridgehead atoms. The predicted octanol–water partition coefficient (Wildman–Crippen LogP) is 2.97. The molecule has 1 aromatic carbocycles. The van der Waals surface area contributed by atoms with Gasteiger partial charge in [0.15, 0.2) is 0 Å². The third-order valence-electron chi connectivity index (χ3n) is 3.08. The molecule has 21 heavy (non-hydrogen) atoms. The van der Waals surface area contributed by atoms with E-state index in [-0.39, 0.29) is 22.7 Å². The first kappa shape index (κ1) is 15.0. The second kappa shape index (κ2) is 6.34. The largest absolute Gasteiger partial charge is 0.450 e. The Morgan fingerprint density at radius 1 is 1.38 bits per heavy atom. The van der Waals surface area contributed by atoms with Gasteiger partial charge in [-0.25, -0.2) is 4.79 Å². The van der Waals surface area contributed by atoms with Gasteiger partial charge < -0.3 is 9.15 Å². The second-order valence-electron chi connectivity index (χ2n) is 4.74. The number of benzene rings is 1. The third kappa shape index (κ3) is 3.36. The van der Waals surface area contributed by atoms with Crippen LogP contribution in [0.1, 0.15) is 31.7 Å². The number of hydrogen-bond acceptors (Lipinski definition) is 6. The van der Waals surface area contributed by atoms with Crippen LogP contribution < -0.4 is 10.4 Å². The fourth-order valence-corrected chi connectivity index (χ4v) is 2.03. The molecule has 1 aromatic heterocycles. The van der Waals surface area contributed by atoms with E-state index in [1.54, 1.807) is 6.92 Å². The van der Waals surface area contributed by atoms with Crippen LogP contribution in [0, 0.1) is 17.0 Å². The van der Waals surface area contributed by atoms with Crippen molar-refractivity contribution in [2.45, 2.75) is 33.1 Å². The fourth-order valence-electron chi connectivity index (χ4n) is 2.03. The smallest absolute Gasteiger partial charge is 0.397 e. The monoisotopic (exact) mass is 292 g/mol. The first-order valence-electron chi connectivity index (χ1n) is 6.75. The topological polar surface area (TPSA) is 95.5 Å². The minimum Gasteiger partial charge on any atom is -0.450 e. The molecule has 0 atom stereocenters. The van der Waals surface area contributed by atoms with E-state index in [2.05, 4.69) is 11.9 Å². The minimum atomic E-state index is -0.599. The molecular formula is C14H16N2O5. The molecule has 0 unspecified atom stereocenters. The van der Waals surface area contributed by atoms with Gasteiger partial charge in [0, 0.05) is 12.1 Å². The number of rotatable bonds is 6. The summed E-state index contributed by atoms with van der Waals surface area (Å²) in [6.07, 6.45) is 2.73. The third-order valence-corrected chi connectivity index (χ3v) is 3.08. The highest BCUT2D eigenvalue weighted by molar-refractivity contribution is 5.83. The van der Waals surface area contributed by atoms with Gasteiger partial charge in [-0.15, -0.1) is 0 Å². The van der Waals surface area contributed by atoms with Crippen molar-refractivity contribution in [1.82, 2.24) is 4.98 Å². The average Bonchev–Trinajstić information content (AvgIpc) is 2.42. The SMILES string of the molecule is CCCCCOc1nc2cc([N+](=O)[O-])cc(C)c2c(=O)o1. The van der Waals surface area contributed by atoms with Gasteiger partial charge in [-0.2, -0.15) is 4.98 Å². The van der Waals surface area contributed by atoms with Crippen LogP contribution in [0.5, 0.6) is 6.08 Å². The van der Waals surface area contributed by atoms with Crippen molar-refractivity contribution in [3.63, 3.8) is 0 Å². The maximum absolute atomic E-state index is 11.9. The molecule has 0 spiro atoms. The molecule has 7 nitrogen and oxygen atoms in total. The Bertz CT molecular complexity index is 723. The van der Waals surface area contributed by atoms with Gasteiger partial charge in [0.1, 0.15) is 0 Å². The molecular weight excluding hydrogens is 276 g/mol. The lowest BCUT2D eigenvalue weighted by atomic mass is 10.1. The van der Waals surface area contributed by atoms with Crippen molar-refractivity contribution < 1.29 is 14.1 Å². The summed E-state index contributed by atoms with van der Waals surface area (Å²) >= 11 is 0. The molecule has 0 aliphatic carbocycles. The minimum absolute atomic E-state index is 0.116. The van der Waals surface area contributed by atoms with Crippen molar-refractivity contribution >= 4 is 16.6 Å². The standard InChI is InChI=1S/C14H16N2O5/c1-3-4-5-6-20-14-15-11-8-10(16(18)19)7-9(2)12(11)13(17)21-14/h7-8H,3-6H2,1-2H3. The highest BCUT2D eigenvalue weighted by Crippen LogP contribution is 2.23. The van der Waals surface area contributed by atoms with E-state index in [1.165, 1.54) is 12.1 Å². The van der Waals surface area contributed by atoms with Gasteiger partial charge in [0.25, 0.3) is 5.69 Å². The quantitative estimate of drug-likeness (QED) is 0.461. The number of aryl methyl sites for hydroxylation is 1. The first-order valence-corrected chi connectivity index (χ1v) is 6.75. The van der Waals surface area contributed by atoms with E-state index < -0.39 is 10.5 Å². The highest BCUT2D eigenvalue weighted by atomic mass is 16.6. The molecule has 2 aromatic rings. The number of nitro benzene ring substituents is 1. The Labute approximate surface area is 120 Å². The van der Waals surface area contributed by atoms with Crippen molar-refractivity contribution in [1.29, 1.82) is 0 Å². The molecule has 0 saturated carbocycles. The molecule has 0 aliphatic rings. The van der Waals surface area contributed by atoms with Crippen LogP contribution in [-0.2, 0) is 0 Å². The molecule has 112 valence electrons. The van der Waals surface area contributed by atoms with E-state index >= 15 is 0 Å². The van der Waals surface area contributed by atoms with E-state index in [0.29, 0.717) is 12.2 Å². The van der Waals surface area contributed by atoms with Gasteiger partial charge in [-0.3, -0.25) is 10.1 Å². The van der Waals surface area contributed by atoms with E-state index in [9.17, 15) is 14.9 Å². The summed E-state index contributed by atoms with van der Waals surface area (Å²) in [6, 6.07) is 2.57. The lowest BCUT2D eigenvalue weighted by Crippen LogP contribution is -2.08. The van der Waals surface area contributed by atoms with E-state index in [1.807, 2.05) is 0 Å². The molecule has 1 heterocycles. The van der Waals surface area contributed by atoms with Crippen LogP contribution in [0.25, 0.3) is 10.9 Å². The van der Waals surface area contributed by atoms with E-state index in [4.69, 9.17) is 9.15 Å². The number of unbranched alkanes of at least 4 members (excludes halogenated alkanes) is 2. The molecule has 0 radical (unpaired) electrons. The highest BCUT2D eigenvalue weighted by Gasteiger charge is 2.15.